The van der Waals surface area contributed by atoms with Gasteiger partial charge in [0.25, 0.3) is 5.91 Å². The van der Waals surface area contributed by atoms with Gasteiger partial charge in [-0.05, 0) is 47.5 Å². The van der Waals surface area contributed by atoms with Gasteiger partial charge in [-0.3, -0.25) is 4.79 Å². The molecule has 3 rings (SSSR count). The summed E-state index contributed by atoms with van der Waals surface area (Å²) in [6, 6.07) is 20.9. The predicted molar refractivity (Wildman–Crippen MR) is 104 cm³/mol. The monoisotopic (exact) mass is 351 g/mol. The van der Waals surface area contributed by atoms with Gasteiger partial charge >= 0.3 is 0 Å². The minimum atomic E-state index is -0.419. The molecule has 1 atom stereocenters. The number of amides is 1. The van der Waals surface area contributed by atoms with Crippen molar-refractivity contribution in [2.75, 3.05) is 5.32 Å². The van der Waals surface area contributed by atoms with Gasteiger partial charge in [-0.1, -0.05) is 54.1 Å². The van der Waals surface area contributed by atoms with Crippen molar-refractivity contribution in [3.63, 3.8) is 0 Å². The second kappa shape index (κ2) is 7.81. The molecule has 0 aliphatic carbocycles. The molecular weight excluding hydrogens is 334 g/mol. The summed E-state index contributed by atoms with van der Waals surface area (Å²) in [5, 5.41) is 10.1. The highest BCUT2D eigenvalue weighted by Gasteiger charge is 2.11. The van der Waals surface area contributed by atoms with E-state index < -0.39 is 6.04 Å². The summed E-state index contributed by atoms with van der Waals surface area (Å²) in [7, 11) is 0. The fraction of sp³-hybridized carbons (Fsp3) is 0.100. The molecule has 4 nitrogen and oxygen atoms in total. The van der Waals surface area contributed by atoms with Crippen LogP contribution in [0.3, 0.4) is 0 Å². The molecule has 3 aromatic carbocycles. The molecule has 1 amide bonds. The fourth-order valence-electron chi connectivity index (χ4n) is 2.45. The van der Waals surface area contributed by atoms with E-state index in [0.717, 1.165) is 22.0 Å². The molecule has 2 N–H and O–H groups in total. The van der Waals surface area contributed by atoms with Crippen LogP contribution in [0.25, 0.3) is 10.8 Å². The Morgan fingerprint density at radius 3 is 2.64 bits per heavy atom. The van der Waals surface area contributed by atoms with Crippen molar-refractivity contribution in [2.24, 2.45) is 5.10 Å². The molecule has 0 saturated carbocycles. The van der Waals surface area contributed by atoms with E-state index in [1.165, 1.54) is 0 Å². The number of carbonyl (C=O) groups is 1. The molecule has 0 bridgehead atoms. The zero-order chi connectivity index (χ0) is 17.6. The zero-order valence-electron chi connectivity index (χ0n) is 13.7. The number of nitrogens with one attached hydrogen (secondary N) is 2. The number of hydrogen-bond acceptors (Lipinski definition) is 3. The minimum Gasteiger partial charge on any atom is -0.374 e. The van der Waals surface area contributed by atoms with Gasteiger partial charge in [0.15, 0.2) is 0 Å². The van der Waals surface area contributed by atoms with E-state index in [9.17, 15) is 4.79 Å². The molecule has 0 unspecified atom stereocenters. The number of benzene rings is 3. The number of carbonyl (C=O) groups excluding carboxylic acids is 1. The number of nitrogens with zero attached hydrogens (tertiary/aromatic N) is 1. The molecule has 0 saturated heterocycles. The molecule has 0 aromatic heterocycles. The number of hydrogen-bond donors (Lipinski definition) is 2. The smallest absolute Gasteiger partial charge is 0.262 e. The predicted octanol–water partition coefficient (Wildman–Crippen LogP) is 4.44. The van der Waals surface area contributed by atoms with Gasteiger partial charge in [0, 0.05) is 10.7 Å². The van der Waals surface area contributed by atoms with Crippen LogP contribution in [0.15, 0.2) is 71.8 Å². The number of hydrazone groups is 1. The van der Waals surface area contributed by atoms with Gasteiger partial charge < -0.3 is 5.32 Å². The lowest BCUT2D eigenvalue weighted by Gasteiger charge is -2.14. The van der Waals surface area contributed by atoms with Crippen LogP contribution in [0.4, 0.5) is 5.69 Å². The first-order valence-corrected chi connectivity index (χ1v) is 8.33. The largest absolute Gasteiger partial charge is 0.374 e. The first-order chi connectivity index (χ1) is 12.1. The highest BCUT2D eigenvalue weighted by atomic mass is 35.5. The standard InChI is InChI=1S/C20H18ClN3O/c1-14(20(25)24-22-13-15-5-4-8-18(21)11-15)23-19-10-9-16-6-2-3-7-17(16)12-19/h2-14,23H,1H3,(H,24,25)/b22-13-/t14-/m1/s1. The van der Waals surface area contributed by atoms with Gasteiger partial charge in [0.1, 0.15) is 6.04 Å². The molecule has 3 aromatic rings. The Morgan fingerprint density at radius 2 is 1.84 bits per heavy atom. The third kappa shape index (κ3) is 4.58. The van der Waals surface area contributed by atoms with Crippen LogP contribution in [-0.4, -0.2) is 18.2 Å². The summed E-state index contributed by atoms with van der Waals surface area (Å²) in [4.78, 5) is 12.2. The molecule has 0 aliphatic heterocycles. The Morgan fingerprint density at radius 1 is 1.04 bits per heavy atom. The van der Waals surface area contributed by atoms with Crippen LogP contribution in [0.5, 0.6) is 0 Å². The average molecular weight is 352 g/mol. The van der Waals surface area contributed by atoms with Crippen LogP contribution < -0.4 is 10.7 Å². The number of halogens is 1. The minimum absolute atomic E-state index is 0.216. The maximum atomic E-state index is 12.2. The van der Waals surface area contributed by atoms with Gasteiger partial charge in [0.2, 0.25) is 0 Å². The highest BCUT2D eigenvalue weighted by molar-refractivity contribution is 6.30. The average Bonchev–Trinajstić information content (AvgIpc) is 2.61. The summed E-state index contributed by atoms with van der Waals surface area (Å²) in [6.45, 7) is 1.79. The van der Waals surface area contributed by atoms with E-state index in [0.29, 0.717) is 5.02 Å². The van der Waals surface area contributed by atoms with Crippen LogP contribution in [0, 0.1) is 0 Å². The Kier molecular flexibility index (Phi) is 5.31. The number of fused-ring (bicyclic) bond motifs is 1. The van der Waals surface area contributed by atoms with Crippen LogP contribution in [0.1, 0.15) is 12.5 Å². The van der Waals surface area contributed by atoms with Crippen molar-refractivity contribution in [2.45, 2.75) is 13.0 Å². The number of anilines is 1. The molecular formula is C20H18ClN3O. The summed E-state index contributed by atoms with van der Waals surface area (Å²) in [5.41, 5.74) is 4.24. The summed E-state index contributed by atoms with van der Waals surface area (Å²) < 4.78 is 0. The maximum absolute atomic E-state index is 12.2. The van der Waals surface area contributed by atoms with Crippen LogP contribution in [0.2, 0.25) is 5.02 Å². The van der Waals surface area contributed by atoms with Crippen molar-refractivity contribution in [3.8, 4) is 0 Å². The van der Waals surface area contributed by atoms with Crippen LogP contribution >= 0.6 is 11.6 Å². The van der Waals surface area contributed by atoms with E-state index in [1.54, 1.807) is 25.3 Å². The van der Waals surface area contributed by atoms with Crippen molar-refractivity contribution < 1.29 is 4.79 Å². The number of rotatable bonds is 5. The molecule has 5 heteroatoms. The van der Waals surface area contributed by atoms with Gasteiger partial charge in [-0.15, -0.1) is 0 Å². The molecule has 0 aliphatic rings. The van der Waals surface area contributed by atoms with Crippen molar-refractivity contribution >= 4 is 40.2 Å². The summed E-state index contributed by atoms with van der Waals surface area (Å²) in [5.74, 6) is -0.216. The normalized spacial score (nSPS) is 12.2. The Labute approximate surface area is 151 Å². The SMILES string of the molecule is C[C@@H](Nc1ccc2ccccc2c1)C(=O)N/N=C\c1cccc(Cl)c1. The van der Waals surface area contributed by atoms with Gasteiger partial charge in [-0.25, -0.2) is 5.43 Å². The second-order valence-corrected chi connectivity index (χ2v) is 6.15. The molecule has 126 valence electrons. The highest BCUT2D eigenvalue weighted by Crippen LogP contribution is 2.19. The van der Waals surface area contributed by atoms with Crippen molar-refractivity contribution in [1.82, 2.24) is 5.43 Å². The Bertz CT molecular complexity index is 923. The fourth-order valence-corrected chi connectivity index (χ4v) is 2.65. The van der Waals surface area contributed by atoms with Crippen LogP contribution in [-0.2, 0) is 4.79 Å². The van der Waals surface area contributed by atoms with E-state index in [2.05, 4.69) is 21.9 Å². The van der Waals surface area contributed by atoms with Gasteiger partial charge in [-0.2, -0.15) is 5.10 Å². The Balaban J connectivity index is 1.59. The second-order valence-electron chi connectivity index (χ2n) is 5.72. The summed E-state index contributed by atoms with van der Waals surface area (Å²) >= 11 is 5.91. The maximum Gasteiger partial charge on any atom is 0.262 e. The van der Waals surface area contributed by atoms with E-state index >= 15 is 0 Å². The summed E-state index contributed by atoms with van der Waals surface area (Å²) in [6.07, 6.45) is 1.56. The topological polar surface area (TPSA) is 53.5 Å². The van der Waals surface area contributed by atoms with Crippen molar-refractivity contribution in [1.29, 1.82) is 0 Å². The molecule has 0 radical (unpaired) electrons. The van der Waals surface area contributed by atoms with E-state index in [1.807, 2.05) is 48.5 Å². The Hall–Kier alpha value is -2.85. The zero-order valence-corrected chi connectivity index (χ0v) is 14.5. The lowest BCUT2D eigenvalue weighted by Crippen LogP contribution is -2.34. The lowest BCUT2D eigenvalue weighted by molar-refractivity contribution is -0.121. The van der Waals surface area contributed by atoms with E-state index in [4.69, 9.17) is 11.6 Å². The first kappa shape index (κ1) is 17.0. The third-order valence-corrected chi connectivity index (χ3v) is 4.00. The molecule has 0 heterocycles. The lowest BCUT2D eigenvalue weighted by atomic mass is 10.1. The third-order valence-electron chi connectivity index (χ3n) is 3.76. The van der Waals surface area contributed by atoms with Gasteiger partial charge in [0.05, 0.1) is 6.21 Å². The quantitative estimate of drug-likeness (QED) is 0.527. The van der Waals surface area contributed by atoms with Crippen molar-refractivity contribution in [3.05, 3.63) is 77.3 Å². The molecule has 0 fully saturated rings. The first-order valence-electron chi connectivity index (χ1n) is 7.96. The van der Waals surface area contributed by atoms with E-state index in [-0.39, 0.29) is 5.91 Å². The molecule has 0 spiro atoms. The molecule has 25 heavy (non-hydrogen) atoms.